The molecule has 0 aliphatic heterocycles. The van der Waals surface area contributed by atoms with E-state index in [0.717, 1.165) is 31.4 Å². The first-order chi connectivity index (χ1) is 9.51. The normalized spacial score (nSPS) is 13.7. The highest BCUT2D eigenvalue weighted by molar-refractivity contribution is 5.39. The summed E-state index contributed by atoms with van der Waals surface area (Å²) in [4.78, 5) is 6.56. The predicted octanol–water partition coefficient (Wildman–Crippen LogP) is 2.30. The van der Waals surface area contributed by atoms with E-state index in [9.17, 15) is 0 Å². The van der Waals surface area contributed by atoms with Crippen molar-refractivity contribution in [2.45, 2.75) is 51.6 Å². The average molecular weight is 278 g/mol. The fourth-order valence-corrected chi connectivity index (χ4v) is 3.23. The van der Waals surface area contributed by atoms with E-state index in [2.05, 4.69) is 56.1 Å². The zero-order valence-electron chi connectivity index (χ0n) is 13.6. The van der Waals surface area contributed by atoms with Gasteiger partial charge in [-0.25, -0.2) is 4.98 Å². The van der Waals surface area contributed by atoms with E-state index in [1.165, 1.54) is 0 Å². The van der Waals surface area contributed by atoms with Crippen LogP contribution in [0.2, 0.25) is 0 Å². The van der Waals surface area contributed by atoms with Crippen LogP contribution in [0.4, 0.5) is 5.82 Å². The largest absolute Gasteiger partial charge is 0.383 e. The first-order valence-electron chi connectivity index (χ1n) is 7.61. The molecule has 1 heterocycles. The maximum Gasteiger partial charge on any atom is 0.126 e. The molecule has 0 fully saturated rings. The number of nitrogen functional groups attached to an aromatic ring is 1. The van der Waals surface area contributed by atoms with Crippen molar-refractivity contribution in [1.29, 1.82) is 0 Å². The second-order valence-electron chi connectivity index (χ2n) is 5.57. The summed E-state index contributed by atoms with van der Waals surface area (Å²) >= 11 is 0. The molecule has 1 unspecified atom stereocenters. The van der Waals surface area contributed by atoms with Crippen LogP contribution < -0.4 is 11.1 Å². The molecular formula is C16H30N4. The monoisotopic (exact) mass is 278 g/mol. The lowest BCUT2D eigenvalue weighted by Gasteiger charge is -2.45. The Morgan fingerprint density at radius 1 is 1.30 bits per heavy atom. The third kappa shape index (κ3) is 3.49. The molecule has 20 heavy (non-hydrogen) atoms. The molecule has 114 valence electrons. The standard InChI is InChI=1S/C16H30N4/c1-6-16(7-2,20(4)5)14(18-8-3)12-13-10-9-11-19-15(13)17/h9-11,14,18H,6-8,12H2,1-5H3,(H2,17,19). The number of hydrogen-bond acceptors (Lipinski definition) is 4. The van der Waals surface area contributed by atoms with Crippen LogP contribution in [0.25, 0.3) is 0 Å². The first kappa shape index (κ1) is 16.9. The van der Waals surface area contributed by atoms with Gasteiger partial charge in [-0.1, -0.05) is 26.8 Å². The van der Waals surface area contributed by atoms with Crippen molar-refractivity contribution in [3.63, 3.8) is 0 Å². The summed E-state index contributed by atoms with van der Waals surface area (Å²) in [5, 5.41) is 3.66. The van der Waals surface area contributed by atoms with Gasteiger partial charge in [0.05, 0.1) is 0 Å². The highest BCUT2D eigenvalue weighted by atomic mass is 15.2. The Kier molecular flexibility index (Phi) is 6.43. The summed E-state index contributed by atoms with van der Waals surface area (Å²) in [5.74, 6) is 0.648. The van der Waals surface area contributed by atoms with E-state index in [-0.39, 0.29) is 5.54 Å². The molecule has 0 radical (unpaired) electrons. The molecule has 0 aromatic carbocycles. The number of anilines is 1. The summed E-state index contributed by atoms with van der Waals surface area (Å²) in [6.45, 7) is 7.65. The van der Waals surface area contributed by atoms with Crippen molar-refractivity contribution < 1.29 is 0 Å². The molecule has 0 aliphatic carbocycles. The molecule has 0 amide bonds. The summed E-state index contributed by atoms with van der Waals surface area (Å²) in [5.41, 5.74) is 7.28. The Balaban J connectivity index is 3.06. The second kappa shape index (κ2) is 7.60. The predicted molar refractivity (Wildman–Crippen MR) is 86.8 cm³/mol. The molecule has 1 rings (SSSR count). The van der Waals surface area contributed by atoms with Crippen molar-refractivity contribution in [3.05, 3.63) is 23.9 Å². The van der Waals surface area contributed by atoms with Gasteiger partial charge >= 0.3 is 0 Å². The van der Waals surface area contributed by atoms with Crippen LogP contribution in [0.3, 0.4) is 0 Å². The van der Waals surface area contributed by atoms with E-state index in [0.29, 0.717) is 11.9 Å². The smallest absolute Gasteiger partial charge is 0.126 e. The van der Waals surface area contributed by atoms with Crippen molar-refractivity contribution in [2.75, 3.05) is 26.4 Å². The number of pyridine rings is 1. The third-order valence-corrected chi connectivity index (χ3v) is 4.56. The second-order valence-corrected chi connectivity index (χ2v) is 5.57. The Morgan fingerprint density at radius 2 is 1.95 bits per heavy atom. The summed E-state index contributed by atoms with van der Waals surface area (Å²) < 4.78 is 0. The van der Waals surface area contributed by atoms with Crippen molar-refractivity contribution in [2.24, 2.45) is 0 Å². The number of nitrogens with one attached hydrogen (secondary N) is 1. The van der Waals surface area contributed by atoms with Crippen molar-refractivity contribution in [3.8, 4) is 0 Å². The van der Waals surface area contributed by atoms with Crippen LogP contribution in [0, 0.1) is 0 Å². The highest BCUT2D eigenvalue weighted by Gasteiger charge is 2.37. The van der Waals surface area contributed by atoms with Crippen LogP contribution in [0.1, 0.15) is 39.2 Å². The zero-order valence-corrected chi connectivity index (χ0v) is 13.6. The fraction of sp³-hybridized carbons (Fsp3) is 0.688. The van der Waals surface area contributed by atoms with E-state index in [4.69, 9.17) is 5.73 Å². The lowest BCUT2D eigenvalue weighted by atomic mass is 9.80. The fourth-order valence-electron chi connectivity index (χ4n) is 3.23. The molecule has 4 heteroatoms. The molecule has 1 aromatic rings. The van der Waals surface area contributed by atoms with E-state index >= 15 is 0 Å². The minimum absolute atomic E-state index is 0.137. The van der Waals surface area contributed by atoms with Gasteiger partial charge in [-0.05, 0) is 51.5 Å². The third-order valence-electron chi connectivity index (χ3n) is 4.56. The Hall–Kier alpha value is -1.13. The lowest BCUT2D eigenvalue weighted by molar-refractivity contribution is 0.0889. The van der Waals surface area contributed by atoms with Crippen molar-refractivity contribution in [1.82, 2.24) is 15.2 Å². The van der Waals surface area contributed by atoms with E-state index < -0.39 is 0 Å². The van der Waals surface area contributed by atoms with Gasteiger partial charge in [0.25, 0.3) is 0 Å². The maximum atomic E-state index is 6.01. The first-order valence-corrected chi connectivity index (χ1v) is 7.61. The minimum Gasteiger partial charge on any atom is -0.383 e. The molecule has 1 atom stereocenters. The number of rotatable bonds is 8. The quantitative estimate of drug-likeness (QED) is 0.766. The molecule has 0 spiro atoms. The Labute approximate surface area is 123 Å². The van der Waals surface area contributed by atoms with Crippen molar-refractivity contribution >= 4 is 5.82 Å². The summed E-state index contributed by atoms with van der Waals surface area (Å²) in [7, 11) is 4.34. The van der Waals surface area contributed by atoms with E-state index in [1.807, 2.05) is 6.07 Å². The van der Waals surface area contributed by atoms with Gasteiger partial charge in [-0.15, -0.1) is 0 Å². The van der Waals surface area contributed by atoms with Crippen LogP contribution in [-0.4, -0.2) is 42.1 Å². The molecule has 0 aliphatic rings. The van der Waals surface area contributed by atoms with E-state index in [1.54, 1.807) is 6.20 Å². The van der Waals surface area contributed by atoms with Gasteiger partial charge < -0.3 is 16.0 Å². The number of nitrogens with zero attached hydrogens (tertiary/aromatic N) is 2. The topological polar surface area (TPSA) is 54.2 Å². The minimum atomic E-state index is 0.137. The number of hydrogen-bond donors (Lipinski definition) is 2. The number of likely N-dealkylation sites (N-methyl/N-ethyl adjacent to an activating group) is 2. The maximum absolute atomic E-state index is 6.01. The Bertz CT molecular complexity index is 399. The van der Waals surface area contributed by atoms with Crippen LogP contribution >= 0.6 is 0 Å². The van der Waals surface area contributed by atoms with Gasteiger partial charge in [0.15, 0.2) is 0 Å². The lowest BCUT2D eigenvalue weighted by Crippen LogP contribution is -2.59. The Morgan fingerprint density at radius 3 is 2.40 bits per heavy atom. The summed E-state index contributed by atoms with van der Waals surface area (Å²) in [6.07, 6.45) is 4.87. The molecule has 4 nitrogen and oxygen atoms in total. The molecule has 0 saturated carbocycles. The molecule has 1 aromatic heterocycles. The molecule has 0 bridgehead atoms. The van der Waals surface area contributed by atoms with Gasteiger partial charge in [-0.3, -0.25) is 0 Å². The van der Waals surface area contributed by atoms with Gasteiger partial charge in [0, 0.05) is 17.8 Å². The van der Waals surface area contributed by atoms with Gasteiger partial charge in [-0.2, -0.15) is 0 Å². The summed E-state index contributed by atoms with van der Waals surface area (Å²) in [6, 6.07) is 4.41. The van der Waals surface area contributed by atoms with Crippen LogP contribution in [0.15, 0.2) is 18.3 Å². The average Bonchev–Trinajstić information content (AvgIpc) is 2.43. The SMILES string of the molecule is CCNC(Cc1cccnc1N)C(CC)(CC)N(C)C. The van der Waals surface area contributed by atoms with Crippen LogP contribution in [0.5, 0.6) is 0 Å². The molecule has 0 saturated heterocycles. The number of nitrogens with two attached hydrogens (primary N) is 1. The zero-order chi connectivity index (χ0) is 15.2. The highest BCUT2D eigenvalue weighted by Crippen LogP contribution is 2.28. The van der Waals surface area contributed by atoms with Gasteiger partial charge in [0.2, 0.25) is 0 Å². The number of aromatic nitrogens is 1. The van der Waals surface area contributed by atoms with Gasteiger partial charge in [0.1, 0.15) is 5.82 Å². The molecule has 3 N–H and O–H groups in total. The molecular weight excluding hydrogens is 248 g/mol. The van der Waals surface area contributed by atoms with Crippen LogP contribution in [-0.2, 0) is 6.42 Å².